The van der Waals surface area contributed by atoms with Crippen LogP contribution >= 0.6 is 27.3 Å². The van der Waals surface area contributed by atoms with Crippen molar-refractivity contribution in [1.82, 2.24) is 9.55 Å². The molecule has 6 nitrogen and oxygen atoms in total. The molecule has 0 aromatic carbocycles. The topological polar surface area (TPSA) is 73.2 Å². The van der Waals surface area contributed by atoms with E-state index in [0.717, 1.165) is 4.47 Å². The van der Waals surface area contributed by atoms with Crippen molar-refractivity contribution in [2.75, 3.05) is 5.32 Å². The van der Waals surface area contributed by atoms with Crippen LogP contribution in [0.1, 0.15) is 23.1 Å². The zero-order chi connectivity index (χ0) is 14.7. The molecule has 0 aliphatic heterocycles. The minimum atomic E-state index is -0.424. The van der Waals surface area contributed by atoms with Crippen molar-refractivity contribution in [2.24, 2.45) is 7.05 Å². The first-order chi connectivity index (χ1) is 9.45. The molecule has 0 aliphatic carbocycles. The molecular weight excluding hydrogens is 346 g/mol. The van der Waals surface area contributed by atoms with Crippen LogP contribution in [0.3, 0.4) is 0 Å². The highest BCUT2D eigenvalue weighted by molar-refractivity contribution is 9.10. The number of amides is 1. The van der Waals surface area contributed by atoms with E-state index in [0.29, 0.717) is 16.5 Å². The van der Waals surface area contributed by atoms with Crippen molar-refractivity contribution in [2.45, 2.75) is 13.5 Å². The van der Waals surface area contributed by atoms with Gasteiger partial charge in [-0.05, 0) is 22.0 Å². The highest BCUT2D eigenvalue weighted by atomic mass is 79.9. The lowest BCUT2D eigenvalue weighted by Crippen LogP contribution is -2.10. The monoisotopic (exact) mass is 357 g/mol. The first kappa shape index (κ1) is 14.7. The highest BCUT2D eigenvalue weighted by Crippen LogP contribution is 2.18. The summed E-state index contributed by atoms with van der Waals surface area (Å²) in [6, 6.07) is 1.69. The Bertz CT molecular complexity index is 650. The van der Waals surface area contributed by atoms with E-state index in [1.165, 1.54) is 18.3 Å². The van der Waals surface area contributed by atoms with E-state index in [9.17, 15) is 9.59 Å². The lowest BCUT2D eigenvalue weighted by atomic mass is 10.4. The second-order valence-corrected chi connectivity index (χ2v) is 5.83. The molecule has 0 bridgehead atoms. The Morgan fingerprint density at radius 3 is 2.90 bits per heavy atom. The fourth-order valence-electron chi connectivity index (χ4n) is 1.52. The van der Waals surface area contributed by atoms with Crippen molar-refractivity contribution in [1.29, 1.82) is 0 Å². The predicted octanol–water partition coefficient (Wildman–Crippen LogP) is 2.56. The van der Waals surface area contributed by atoms with Gasteiger partial charge in [-0.3, -0.25) is 4.79 Å². The van der Waals surface area contributed by atoms with Gasteiger partial charge in [-0.15, -0.1) is 11.3 Å². The number of nitrogens with zero attached hydrogens (tertiary/aromatic N) is 2. The molecule has 0 radical (unpaired) electrons. The van der Waals surface area contributed by atoms with Crippen molar-refractivity contribution >= 4 is 44.3 Å². The largest absolute Gasteiger partial charge is 0.454 e. The van der Waals surface area contributed by atoms with Gasteiger partial charge in [-0.25, -0.2) is 9.78 Å². The zero-order valence-electron chi connectivity index (χ0n) is 10.8. The smallest absolute Gasteiger partial charge is 0.355 e. The minimum absolute atomic E-state index is 0.0672. The maximum absolute atomic E-state index is 11.9. The fraction of sp³-hybridized carbons (Fsp3) is 0.250. The van der Waals surface area contributed by atoms with Gasteiger partial charge in [-0.2, -0.15) is 0 Å². The summed E-state index contributed by atoms with van der Waals surface area (Å²) in [7, 11) is 1.76. The number of carbonyl (C=O) groups is 2. The van der Waals surface area contributed by atoms with Gasteiger partial charge in [0.25, 0.3) is 0 Å². The maximum Gasteiger partial charge on any atom is 0.355 e. The Morgan fingerprint density at radius 2 is 2.30 bits per heavy atom. The Balaban J connectivity index is 1.95. The van der Waals surface area contributed by atoms with Crippen molar-refractivity contribution < 1.29 is 14.3 Å². The number of carbonyl (C=O) groups excluding carboxylic acids is 2. The van der Waals surface area contributed by atoms with E-state index in [2.05, 4.69) is 26.2 Å². The number of aryl methyl sites for hydroxylation is 1. The van der Waals surface area contributed by atoms with E-state index >= 15 is 0 Å². The van der Waals surface area contributed by atoms with Gasteiger partial charge in [0.2, 0.25) is 5.91 Å². The average molecular weight is 358 g/mol. The van der Waals surface area contributed by atoms with E-state index < -0.39 is 5.97 Å². The third-order valence-corrected chi connectivity index (χ3v) is 3.61. The van der Waals surface area contributed by atoms with E-state index in [1.54, 1.807) is 29.3 Å². The molecular formula is C12H12BrN3O3S. The second-order valence-electron chi connectivity index (χ2n) is 4.06. The second kappa shape index (κ2) is 6.19. The van der Waals surface area contributed by atoms with Crippen molar-refractivity contribution in [3.8, 4) is 0 Å². The molecule has 1 amide bonds. The molecule has 2 rings (SSSR count). The minimum Gasteiger partial charge on any atom is -0.454 e. The van der Waals surface area contributed by atoms with E-state index in [1.807, 2.05) is 0 Å². The number of nitrogens with one attached hydrogen (secondary N) is 1. The molecule has 2 heterocycles. The summed E-state index contributed by atoms with van der Waals surface area (Å²) in [6.45, 7) is 1.48. The number of anilines is 1. The van der Waals surface area contributed by atoms with Crippen LogP contribution in [-0.4, -0.2) is 21.4 Å². The first-order valence-corrected chi connectivity index (χ1v) is 7.34. The van der Waals surface area contributed by atoms with Crippen LogP contribution in [0.5, 0.6) is 0 Å². The molecule has 0 spiro atoms. The van der Waals surface area contributed by atoms with Gasteiger partial charge in [-0.1, -0.05) is 0 Å². The molecule has 0 fully saturated rings. The molecule has 2 aromatic heterocycles. The standard InChI is InChI=1S/C12H12BrN3O3S/c1-7(17)14-12-15-9(6-20-12)5-19-11(18)10-3-8(13)4-16(10)2/h3-4,6H,5H2,1-2H3,(H,14,15,17). The van der Waals surface area contributed by atoms with E-state index in [4.69, 9.17) is 4.74 Å². The van der Waals surface area contributed by atoms with Gasteiger partial charge in [0.1, 0.15) is 12.3 Å². The number of halogens is 1. The van der Waals surface area contributed by atoms with Gasteiger partial charge in [0.05, 0.1) is 5.69 Å². The highest BCUT2D eigenvalue weighted by Gasteiger charge is 2.13. The van der Waals surface area contributed by atoms with Crippen molar-refractivity contribution in [3.63, 3.8) is 0 Å². The maximum atomic E-state index is 11.9. The van der Waals surface area contributed by atoms with Crippen LogP contribution in [0.15, 0.2) is 22.1 Å². The molecule has 106 valence electrons. The molecule has 8 heteroatoms. The van der Waals surface area contributed by atoms with Crippen LogP contribution in [-0.2, 0) is 23.2 Å². The summed E-state index contributed by atoms with van der Waals surface area (Å²) >= 11 is 4.58. The third kappa shape index (κ3) is 3.67. The summed E-state index contributed by atoms with van der Waals surface area (Å²) in [5.41, 5.74) is 1.05. The zero-order valence-corrected chi connectivity index (χ0v) is 13.2. The fourth-order valence-corrected chi connectivity index (χ4v) is 2.79. The van der Waals surface area contributed by atoms with Crippen LogP contribution < -0.4 is 5.32 Å². The molecule has 0 saturated heterocycles. The van der Waals surface area contributed by atoms with Crippen molar-refractivity contribution in [3.05, 3.63) is 33.5 Å². The summed E-state index contributed by atoms with van der Waals surface area (Å²) < 4.78 is 7.67. The van der Waals surface area contributed by atoms with E-state index in [-0.39, 0.29) is 12.5 Å². The Labute approximate surface area is 127 Å². The molecule has 0 unspecified atom stereocenters. The number of aromatic nitrogens is 2. The van der Waals surface area contributed by atoms with Crippen LogP contribution in [0.25, 0.3) is 0 Å². The van der Waals surface area contributed by atoms with Gasteiger partial charge in [0, 0.05) is 30.0 Å². The van der Waals surface area contributed by atoms with Gasteiger partial charge >= 0.3 is 5.97 Å². The van der Waals surface area contributed by atoms with Crippen LogP contribution in [0.2, 0.25) is 0 Å². The number of esters is 1. The molecule has 0 atom stereocenters. The lowest BCUT2D eigenvalue weighted by Gasteiger charge is -2.03. The molecule has 20 heavy (non-hydrogen) atoms. The van der Waals surface area contributed by atoms with Gasteiger partial charge < -0.3 is 14.6 Å². The Kier molecular flexibility index (Phi) is 4.56. The number of hydrogen-bond donors (Lipinski definition) is 1. The number of rotatable bonds is 4. The summed E-state index contributed by atoms with van der Waals surface area (Å²) in [5, 5.41) is 4.80. The molecule has 1 N–H and O–H groups in total. The average Bonchev–Trinajstić information content (AvgIpc) is 2.92. The summed E-state index contributed by atoms with van der Waals surface area (Å²) in [4.78, 5) is 26.9. The normalized spacial score (nSPS) is 10.3. The van der Waals surface area contributed by atoms with Crippen LogP contribution in [0.4, 0.5) is 5.13 Å². The first-order valence-electron chi connectivity index (χ1n) is 5.66. The van der Waals surface area contributed by atoms with Gasteiger partial charge in [0.15, 0.2) is 5.13 Å². The molecule has 0 saturated carbocycles. The summed E-state index contributed by atoms with van der Waals surface area (Å²) in [6.07, 6.45) is 1.77. The SMILES string of the molecule is CC(=O)Nc1nc(COC(=O)c2cc(Br)cn2C)cs1. The molecule has 2 aromatic rings. The Hall–Kier alpha value is -1.67. The lowest BCUT2D eigenvalue weighted by molar-refractivity contribution is -0.114. The van der Waals surface area contributed by atoms with Crippen LogP contribution in [0, 0.1) is 0 Å². The number of ether oxygens (including phenoxy) is 1. The molecule has 0 aliphatic rings. The Morgan fingerprint density at radius 1 is 1.55 bits per heavy atom. The number of hydrogen-bond acceptors (Lipinski definition) is 5. The third-order valence-electron chi connectivity index (χ3n) is 2.37. The quantitative estimate of drug-likeness (QED) is 0.853. The predicted molar refractivity (Wildman–Crippen MR) is 78.7 cm³/mol. The number of thiazole rings is 1. The summed E-state index contributed by atoms with van der Waals surface area (Å²) in [5.74, 6) is -0.608.